The quantitative estimate of drug-likeness (QED) is 0.600. The van der Waals surface area contributed by atoms with E-state index in [-0.39, 0.29) is 17.0 Å². The SMILES string of the molecule is CC[n+]1c(C)ccc2ccccc21.[Br-]. The largest absolute Gasteiger partial charge is 1.00 e. The van der Waals surface area contributed by atoms with Crippen molar-refractivity contribution >= 4 is 10.9 Å². The fraction of sp³-hybridized carbons (Fsp3) is 0.250. The molecule has 0 aliphatic rings. The lowest BCUT2D eigenvalue weighted by Gasteiger charge is -2.01. The minimum Gasteiger partial charge on any atom is -1.00 e. The van der Waals surface area contributed by atoms with Crippen molar-refractivity contribution in [3.8, 4) is 0 Å². The Bertz CT molecular complexity index is 437. The van der Waals surface area contributed by atoms with Gasteiger partial charge in [-0.3, -0.25) is 0 Å². The van der Waals surface area contributed by atoms with Gasteiger partial charge in [-0.1, -0.05) is 12.1 Å². The first kappa shape index (κ1) is 11.2. The minimum absolute atomic E-state index is 0. The van der Waals surface area contributed by atoms with Gasteiger partial charge in [0.05, 0.1) is 0 Å². The third-order valence-corrected chi connectivity index (χ3v) is 2.47. The Morgan fingerprint density at radius 2 is 1.79 bits per heavy atom. The van der Waals surface area contributed by atoms with Crippen LogP contribution in [0.5, 0.6) is 0 Å². The Morgan fingerprint density at radius 1 is 1.07 bits per heavy atom. The molecule has 0 N–H and O–H groups in total. The number of rotatable bonds is 1. The van der Waals surface area contributed by atoms with E-state index in [9.17, 15) is 0 Å². The molecule has 2 rings (SSSR count). The van der Waals surface area contributed by atoms with Crippen LogP contribution >= 0.6 is 0 Å². The Morgan fingerprint density at radius 3 is 2.50 bits per heavy atom. The normalized spacial score (nSPS) is 9.86. The van der Waals surface area contributed by atoms with Crippen LogP contribution in [0.15, 0.2) is 36.4 Å². The van der Waals surface area contributed by atoms with Crippen molar-refractivity contribution in [1.29, 1.82) is 0 Å². The first-order valence-corrected chi connectivity index (χ1v) is 4.71. The summed E-state index contributed by atoms with van der Waals surface area (Å²) < 4.78 is 2.33. The van der Waals surface area contributed by atoms with Gasteiger partial charge < -0.3 is 17.0 Å². The molecule has 0 fully saturated rings. The molecule has 0 unspecified atom stereocenters. The number of hydrogen-bond acceptors (Lipinski definition) is 0. The van der Waals surface area contributed by atoms with Crippen molar-refractivity contribution < 1.29 is 21.5 Å². The molecular formula is C12H14BrN. The molecule has 0 aliphatic heterocycles. The van der Waals surface area contributed by atoms with Gasteiger partial charge in [0.1, 0.15) is 6.54 Å². The van der Waals surface area contributed by atoms with Crippen LogP contribution in [0.1, 0.15) is 12.6 Å². The predicted molar refractivity (Wildman–Crippen MR) is 54.6 cm³/mol. The van der Waals surface area contributed by atoms with Crippen molar-refractivity contribution in [1.82, 2.24) is 0 Å². The average Bonchev–Trinajstić information content (AvgIpc) is 2.18. The van der Waals surface area contributed by atoms with Crippen molar-refractivity contribution in [3.05, 3.63) is 42.1 Å². The van der Waals surface area contributed by atoms with Crippen LogP contribution in [-0.2, 0) is 6.54 Å². The number of halogens is 1. The molecule has 0 saturated carbocycles. The van der Waals surface area contributed by atoms with Gasteiger partial charge in [0, 0.05) is 24.4 Å². The molecule has 14 heavy (non-hydrogen) atoms. The fourth-order valence-corrected chi connectivity index (χ4v) is 1.78. The highest BCUT2D eigenvalue weighted by atomic mass is 79.9. The molecule has 0 aliphatic carbocycles. The van der Waals surface area contributed by atoms with Gasteiger partial charge in [0.15, 0.2) is 5.69 Å². The standard InChI is InChI=1S/C12H14N.BrH/c1-3-13-10(2)8-9-11-6-4-5-7-12(11)13;/h4-9H,3H2,1-2H3;1H/q+1;/p-1. The fourth-order valence-electron chi connectivity index (χ4n) is 1.78. The third-order valence-electron chi connectivity index (χ3n) is 2.47. The molecule has 74 valence electrons. The lowest BCUT2D eigenvalue weighted by Crippen LogP contribution is -3.00. The zero-order valence-corrected chi connectivity index (χ0v) is 10.1. The summed E-state index contributed by atoms with van der Waals surface area (Å²) in [5.74, 6) is 0. The molecule has 0 bridgehead atoms. The lowest BCUT2D eigenvalue weighted by atomic mass is 10.2. The van der Waals surface area contributed by atoms with Gasteiger partial charge in [-0.25, -0.2) is 0 Å². The number of fused-ring (bicyclic) bond motifs is 1. The highest BCUT2D eigenvalue weighted by Gasteiger charge is 2.08. The highest BCUT2D eigenvalue weighted by Crippen LogP contribution is 2.09. The van der Waals surface area contributed by atoms with E-state index in [0.29, 0.717) is 0 Å². The molecule has 0 amide bonds. The van der Waals surface area contributed by atoms with Gasteiger partial charge >= 0.3 is 0 Å². The molecule has 2 aromatic rings. The molecule has 0 atom stereocenters. The lowest BCUT2D eigenvalue weighted by molar-refractivity contribution is -0.673. The van der Waals surface area contributed by atoms with E-state index in [1.807, 2.05) is 0 Å². The summed E-state index contributed by atoms with van der Waals surface area (Å²) in [7, 11) is 0. The molecule has 1 aromatic heterocycles. The summed E-state index contributed by atoms with van der Waals surface area (Å²) in [5, 5.41) is 1.31. The number of hydrogen-bond donors (Lipinski definition) is 0. The van der Waals surface area contributed by atoms with Crippen molar-refractivity contribution in [2.75, 3.05) is 0 Å². The van der Waals surface area contributed by atoms with Gasteiger partial charge in [-0.05, 0) is 19.1 Å². The Hall–Kier alpha value is -0.890. The summed E-state index contributed by atoms with van der Waals surface area (Å²) in [6.45, 7) is 5.36. The number of benzene rings is 1. The van der Waals surface area contributed by atoms with Crippen LogP contribution in [0.25, 0.3) is 10.9 Å². The maximum atomic E-state index is 2.33. The first-order valence-electron chi connectivity index (χ1n) is 4.71. The van der Waals surface area contributed by atoms with E-state index in [1.54, 1.807) is 0 Å². The zero-order chi connectivity index (χ0) is 9.26. The number of aryl methyl sites for hydroxylation is 2. The second-order valence-electron chi connectivity index (χ2n) is 3.28. The van der Waals surface area contributed by atoms with Gasteiger partial charge in [-0.2, -0.15) is 4.57 Å². The Labute approximate surface area is 95.2 Å². The maximum Gasteiger partial charge on any atom is 0.212 e. The Balaban J connectivity index is 0.000000980. The number of para-hydroxylation sites is 1. The first-order chi connectivity index (χ1) is 6.33. The second-order valence-corrected chi connectivity index (χ2v) is 3.28. The second kappa shape index (κ2) is 4.56. The third kappa shape index (κ3) is 1.80. The summed E-state index contributed by atoms with van der Waals surface area (Å²) in [5.41, 5.74) is 2.64. The van der Waals surface area contributed by atoms with Crippen LogP contribution < -0.4 is 21.5 Å². The van der Waals surface area contributed by atoms with Crippen LogP contribution in [0.3, 0.4) is 0 Å². The van der Waals surface area contributed by atoms with Crippen molar-refractivity contribution in [2.24, 2.45) is 0 Å². The smallest absolute Gasteiger partial charge is 0.212 e. The van der Waals surface area contributed by atoms with Crippen LogP contribution in [-0.4, -0.2) is 0 Å². The van der Waals surface area contributed by atoms with Gasteiger partial charge in [0.25, 0.3) is 0 Å². The van der Waals surface area contributed by atoms with Gasteiger partial charge in [0.2, 0.25) is 5.52 Å². The van der Waals surface area contributed by atoms with Crippen molar-refractivity contribution in [2.45, 2.75) is 20.4 Å². The van der Waals surface area contributed by atoms with E-state index in [2.05, 4.69) is 54.8 Å². The molecule has 0 radical (unpaired) electrons. The molecule has 2 heteroatoms. The van der Waals surface area contributed by atoms with E-state index in [0.717, 1.165) is 6.54 Å². The van der Waals surface area contributed by atoms with E-state index < -0.39 is 0 Å². The highest BCUT2D eigenvalue weighted by molar-refractivity contribution is 5.75. The van der Waals surface area contributed by atoms with Crippen molar-refractivity contribution in [3.63, 3.8) is 0 Å². The molecule has 1 aromatic carbocycles. The monoisotopic (exact) mass is 251 g/mol. The molecule has 1 heterocycles. The van der Waals surface area contributed by atoms with E-state index >= 15 is 0 Å². The zero-order valence-electron chi connectivity index (χ0n) is 8.50. The topological polar surface area (TPSA) is 3.88 Å². The molecule has 1 nitrogen and oxygen atoms in total. The summed E-state index contributed by atoms with van der Waals surface area (Å²) in [6.07, 6.45) is 0. The molecule has 0 spiro atoms. The van der Waals surface area contributed by atoms with Crippen LogP contribution in [0, 0.1) is 6.92 Å². The summed E-state index contributed by atoms with van der Waals surface area (Å²) in [4.78, 5) is 0. The number of pyridine rings is 1. The Kier molecular flexibility index (Phi) is 3.64. The average molecular weight is 252 g/mol. The number of aromatic nitrogens is 1. The maximum absolute atomic E-state index is 2.33. The van der Waals surface area contributed by atoms with Crippen LogP contribution in [0.2, 0.25) is 0 Å². The van der Waals surface area contributed by atoms with Gasteiger partial charge in [-0.15, -0.1) is 0 Å². The van der Waals surface area contributed by atoms with E-state index in [1.165, 1.54) is 16.6 Å². The van der Waals surface area contributed by atoms with E-state index in [4.69, 9.17) is 0 Å². The molecule has 0 saturated heterocycles. The van der Waals surface area contributed by atoms with Crippen LogP contribution in [0.4, 0.5) is 0 Å². The number of nitrogens with zero attached hydrogens (tertiary/aromatic N) is 1. The minimum atomic E-state index is 0. The molecular weight excluding hydrogens is 238 g/mol. The summed E-state index contributed by atoms with van der Waals surface area (Å²) >= 11 is 0. The predicted octanol–water partition coefficient (Wildman–Crippen LogP) is -0.540. The summed E-state index contributed by atoms with van der Waals surface area (Å²) in [6, 6.07) is 12.8.